The Morgan fingerprint density at radius 2 is 1.71 bits per heavy atom. The van der Waals surface area contributed by atoms with Crippen molar-refractivity contribution in [3.8, 4) is 11.5 Å². The lowest BCUT2D eigenvalue weighted by Crippen LogP contribution is -2.41. The largest absolute Gasteiger partial charge is 0.454 e. The molecule has 4 heteroatoms. The van der Waals surface area contributed by atoms with Crippen molar-refractivity contribution in [3.63, 3.8) is 0 Å². The summed E-state index contributed by atoms with van der Waals surface area (Å²) in [4.78, 5) is 2.26. The molecule has 0 aromatic heterocycles. The molecule has 4 nitrogen and oxygen atoms in total. The van der Waals surface area contributed by atoms with E-state index in [0.29, 0.717) is 25.1 Å². The Balaban J connectivity index is 1.31. The molecule has 0 saturated carbocycles. The van der Waals surface area contributed by atoms with Crippen LogP contribution in [0.25, 0.3) is 0 Å². The van der Waals surface area contributed by atoms with Gasteiger partial charge < -0.3 is 19.1 Å². The van der Waals surface area contributed by atoms with Gasteiger partial charge in [0.2, 0.25) is 6.79 Å². The molecule has 0 aliphatic carbocycles. The molecule has 0 unspecified atom stereocenters. The van der Waals surface area contributed by atoms with Crippen LogP contribution in [0, 0.1) is 0 Å². The van der Waals surface area contributed by atoms with Gasteiger partial charge in [0.15, 0.2) is 11.5 Å². The molecule has 0 bridgehead atoms. The van der Waals surface area contributed by atoms with Crippen molar-refractivity contribution in [3.05, 3.63) is 95.5 Å². The highest BCUT2D eigenvalue weighted by molar-refractivity contribution is 5.44. The quantitative estimate of drug-likeness (QED) is 0.525. The van der Waals surface area contributed by atoms with Crippen LogP contribution in [-0.4, -0.2) is 37.4 Å². The summed E-state index contributed by atoms with van der Waals surface area (Å²) in [5.74, 6) is 0.467. The number of hydrogen-bond acceptors (Lipinski definition) is 4. The molecule has 0 spiro atoms. The zero-order valence-electron chi connectivity index (χ0n) is 21.5. The van der Waals surface area contributed by atoms with E-state index in [1.54, 1.807) is 0 Å². The molecule has 2 heterocycles. The van der Waals surface area contributed by atoms with Gasteiger partial charge in [0.1, 0.15) is 6.08 Å². The molecule has 0 N–H and O–H groups in total. The van der Waals surface area contributed by atoms with Gasteiger partial charge in [-0.2, -0.15) is 0 Å². The summed E-state index contributed by atoms with van der Waals surface area (Å²) in [6.45, 7) is 2.18. The molecular weight excluding hydrogens is 386 g/mol. The number of likely N-dealkylation sites (tertiary alicyclic amines) is 1. The molecule has 5 rings (SSSR count). The highest BCUT2D eigenvalue weighted by atomic mass is 16.7. The van der Waals surface area contributed by atoms with Crippen LogP contribution < -0.4 is 9.47 Å². The first-order valence-corrected chi connectivity index (χ1v) is 10.9. The van der Waals surface area contributed by atoms with Crippen molar-refractivity contribution < 1.29 is 19.7 Å². The molecule has 3 aromatic rings. The zero-order valence-corrected chi connectivity index (χ0v) is 17.5. The molecule has 2 aliphatic heterocycles. The van der Waals surface area contributed by atoms with Crippen LogP contribution in [0.4, 0.5) is 0 Å². The summed E-state index contributed by atoms with van der Waals surface area (Å²) in [6.07, 6.45) is 0.838. The van der Waals surface area contributed by atoms with Gasteiger partial charge in [-0.3, -0.25) is 0 Å². The van der Waals surface area contributed by atoms with Crippen LogP contribution in [-0.2, 0) is 11.2 Å². The van der Waals surface area contributed by atoms with Gasteiger partial charge in [0.05, 0.1) is 11.6 Å². The Hall–Kier alpha value is -2.82. The smallest absolute Gasteiger partial charge is 0.231 e. The molecule has 3 aromatic carbocycles. The molecule has 2 aliphatic rings. The molecule has 160 valence electrons. The number of hydrogen-bond donors (Lipinski definition) is 0. The molecule has 0 radical (unpaired) electrons. The van der Waals surface area contributed by atoms with Gasteiger partial charge in [0, 0.05) is 13.1 Å². The van der Waals surface area contributed by atoms with Crippen LogP contribution in [0.1, 0.15) is 41.1 Å². The standard InChI is InChI=1S/C27H29NO3/c1-3-8-22(9-4-1)27(23-10-5-2-6-11-23)31-24-12-7-16-28(19-24)17-15-21-13-14-25-26(18-21)30-20-29-25/h1-6,8-11,13-14,18,24,27H,7,12,15-17,19-20H2/t24-/m1/s1/i13D,14D,18D,27D. The van der Waals surface area contributed by atoms with Gasteiger partial charge in [0.25, 0.3) is 0 Å². The van der Waals surface area contributed by atoms with E-state index >= 15 is 0 Å². The van der Waals surface area contributed by atoms with E-state index < -0.39 is 6.08 Å². The average Bonchev–Trinajstić information content (AvgIpc) is 3.39. The second kappa shape index (κ2) is 9.54. The minimum atomic E-state index is -1.31. The number of ether oxygens (including phenoxy) is 3. The predicted molar refractivity (Wildman–Crippen MR) is 122 cm³/mol. The molecule has 31 heavy (non-hydrogen) atoms. The number of benzene rings is 3. The molecule has 1 atom stereocenters. The third kappa shape index (κ3) is 4.92. The van der Waals surface area contributed by atoms with Crippen molar-refractivity contribution in [2.24, 2.45) is 0 Å². The first-order chi connectivity index (χ1) is 17.0. The second-order valence-electron chi connectivity index (χ2n) is 7.91. The van der Waals surface area contributed by atoms with Crippen LogP contribution in [0.5, 0.6) is 11.5 Å². The molecule has 0 amide bonds. The first kappa shape index (κ1) is 15.9. The van der Waals surface area contributed by atoms with E-state index in [-0.39, 0.29) is 42.5 Å². The van der Waals surface area contributed by atoms with E-state index in [1.807, 2.05) is 60.7 Å². The van der Waals surface area contributed by atoms with E-state index in [9.17, 15) is 1.37 Å². The highest BCUT2D eigenvalue weighted by Crippen LogP contribution is 2.33. The average molecular weight is 420 g/mol. The fourth-order valence-corrected chi connectivity index (χ4v) is 4.12. The molecule has 1 saturated heterocycles. The van der Waals surface area contributed by atoms with Gasteiger partial charge in [-0.15, -0.1) is 0 Å². The fraction of sp³-hybridized carbons (Fsp3) is 0.333. The van der Waals surface area contributed by atoms with Crippen LogP contribution >= 0.6 is 0 Å². The number of nitrogens with zero attached hydrogens (tertiary/aromatic N) is 1. The van der Waals surface area contributed by atoms with E-state index in [4.69, 9.17) is 18.3 Å². The van der Waals surface area contributed by atoms with E-state index in [1.165, 1.54) is 0 Å². The zero-order chi connectivity index (χ0) is 24.4. The lowest BCUT2D eigenvalue weighted by Gasteiger charge is -2.35. The SMILES string of the molecule is [2H]c1c([2H])c2c(c([2H])c1CCN1CCC[C@@H](OC([2H])(c3ccccc3)c3ccccc3)C1)OCO2. The Morgan fingerprint density at radius 3 is 2.45 bits per heavy atom. The summed E-state index contributed by atoms with van der Waals surface area (Å²) in [5.41, 5.74) is 2.10. The Kier molecular flexibility index (Phi) is 4.90. The summed E-state index contributed by atoms with van der Waals surface area (Å²) < 4.78 is 51.6. The van der Waals surface area contributed by atoms with E-state index in [0.717, 1.165) is 30.5 Å². The maximum atomic E-state index is 9.35. The summed E-state index contributed by atoms with van der Waals surface area (Å²) in [5, 5.41) is 0. The minimum Gasteiger partial charge on any atom is -0.454 e. The Labute approximate surface area is 190 Å². The summed E-state index contributed by atoms with van der Waals surface area (Å²) in [6, 6.07) is 19.5. The minimum absolute atomic E-state index is 0.0150. The summed E-state index contributed by atoms with van der Waals surface area (Å²) in [7, 11) is 0. The number of rotatable bonds is 7. The second-order valence-corrected chi connectivity index (χ2v) is 7.91. The number of fused-ring (bicyclic) bond motifs is 1. The predicted octanol–water partition coefficient (Wildman–Crippen LogP) is 5.23. The van der Waals surface area contributed by atoms with Crippen molar-refractivity contribution in [2.45, 2.75) is 31.4 Å². The summed E-state index contributed by atoms with van der Waals surface area (Å²) >= 11 is 0. The topological polar surface area (TPSA) is 30.9 Å². The van der Waals surface area contributed by atoms with Crippen molar-refractivity contribution in [2.75, 3.05) is 26.4 Å². The third-order valence-corrected chi connectivity index (χ3v) is 5.70. The Morgan fingerprint density at radius 1 is 1.00 bits per heavy atom. The van der Waals surface area contributed by atoms with Gasteiger partial charge in [-0.1, -0.05) is 66.7 Å². The lowest BCUT2D eigenvalue weighted by molar-refractivity contribution is -0.0330. The Bertz CT molecular complexity index is 1140. The molecule has 1 fully saturated rings. The van der Waals surface area contributed by atoms with E-state index in [2.05, 4.69) is 4.90 Å². The van der Waals surface area contributed by atoms with Gasteiger partial charge in [-0.25, -0.2) is 0 Å². The lowest BCUT2D eigenvalue weighted by atomic mass is 10.00. The van der Waals surface area contributed by atoms with Crippen molar-refractivity contribution >= 4 is 0 Å². The maximum absolute atomic E-state index is 9.35. The van der Waals surface area contributed by atoms with Crippen molar-refractivity contribution in [1.82, 2.24) is 4.90 Å². The highest BCUT2D eigenvalue weighted by Gasteiger charge is 2.25. The van der Waals surface area contributed by atoms with Crippen LogP contribution in [0.15, 0.2) is 78.8 Å². The normalized spacial score (nSPS) is 20.6. The van der Waals surface area contributed by atoms with Gasteiger partial charge >= 0.3 is 0 Å². The third-order valence-electron chi connectivity index (χ3n) is 5.70. The van der Waals surface area contributed by atoms with Gasteiger partial charge in [-0.05, 0) is 54.6 Å². The first-order valence-electron chi connectivity index (χ1n) is 12.9. The van der Waals surface area contributed by atoms with Crippen LogP contribution in [0.3, 0.4) is 0 Å². The fourth-order valence-electron chi connectivity index (χ4n) is 4.12. The molecular formula is C27H29NO3. The maximum Gasteiger partial charge on any atom is 0.231 e. The number of piperidine rings is 1. The van der Waals surface area contributed by atoms with Crippen LogP contribution in [0.2, 0.25) is 0 Å². The monoisotopic (exact) mass is 419 g/mol. The van der Waals surface area contributed by atoms with Crippen molar-refractivity contribution in [1.29, 1.82) is 0 Å².